The van der Waals surface area contributed by atoms with Crippen LogP contribution in [0.25, 0.3) is 0 Å². The van der Waals surface area contributed by atoms with Crippen molar-refractivity contribution in [3.05, 3.63) is 35.9 Å². The highest BCUT2D eigenvalue weighted by molar-refractivity contribution is 5.81. The van der Waals surface area contributed by atoms with Crippen molar-refractivity contribution >= 4 is 11.9 Å². The summed E-state index contributed by atoms with van der Waals surface area (Å²) in [7, 11) is 0. The van der Waals surface area contributed by atoms with Gasteiger partial charge in [0.05, 0.1) is 5.92 Å². The molecule has 1 aromatic carbocycles. The molecule has 1 saturated heterocycles. The standard InChI is InChI=1S/C18H23NO3/c20-17(14-9-5-2-6-10-14)19-11-15(16(12-19)18(21)22)13-7-3-1-4-8-13/h1,3-4,7-8,14-16H,2,5-6,9-12H2,(H,21,22). The fourth-order valence-electron chi connectivity index (χ4n) is 3.88. The molecule has 4 nitrogen and oxygen atoms in total. The van der Waals surface area contributed by atoms with Crippen molar-refractivity contribution in [2.24, 2.45) is 11.8 Å². The number of nitrogens with zero attached hydrogens (tertiary/aromatic N) is 1. The van der Waals surface area contributed by atoms with Gasteiger partial charge in [0.25, 0.3) is 0 Å². The predicted molar refractivity (Wildman–Crippen MR) is 83.5 cm³/mol. The number of rotatable bonds is 3. The highest BCUT2D eigenvalue weighted by Crippen LogP contribution is 2.35. The van der Waals surface area contributed by atoms with E-state index in [0.717, 1.165) is 31.2 Å². The summed E-state index contributed by atoms with van der Waals surface area (Å²) < 4.78 is 0. The van der Waals surface area contributed by atoms with Crippen LogP contribution >= 0.6 is 0 Å². The second-order valence-electron chi connectivity index (χ2n) is 6.54. The normalized spacial score (nSPS) is 26.1. The largest absolute Gasteiger partial charge is 0.481 e. The van der Waals surface area contributed by atoms with Crippen LogP contribution in [0.15, 0.2) is 30.3 Å². The quantitative estimate of drug-likeness (QED) is 0.934. The molecule has 0 spiro atoms. The SMILES string of the molecule is O=C(O)C1CN(C(=O)C2CCCCC2)CC1c1ccccc1. The molecule has 2 aliphatic rings. The molecule has 3 rings (SSSR count). The van der Waals surface area contributed by atoms with Gasteiger partial charge >= 0.3 is 5.97 Å². The van der Waals surface area contributed by atoms with Crippen molar-refractivity contribution in [3.8, 4) is 0 Å². The van der Waals surface area contributed by atoms with Crippen molar-refractivity contribution in [3.63, 3.8) is 0 Å². The van der Waals surface area contributed by atoms with Crippen LogP contribution in [0, 0.1) is 11.8 Å². The van der Waals surface area contributed by atoms with Gasteiger partial charge in [-0.3, -0.25) is 9.59 Å². The molecule has 118 valence electrons. The fraction of sp³-hybridized carbons (Fsp3) is 0.556. The lowest BCUT2D eigenvalue weighted by Gasteiger charge is -2.26. The second kappa shape index (κ2) is 6.51. The zero-order valence-corrected chi connectivity index (χ0v) is 12.8. The number of carboxylic acid groups (broad SMARTS) is 1. The number of carbonyl (C=O) groups excluding carboxylic acids is 1. The Bertz CT molecular complexity index is 537. The number of benzene rings is 1. The lowest BCUT2D eigenvalue weighted by atomic mass is 9.88. The maximum absolute atomic E-state index is 12.7. The maximum Gasteiger partial charge on any atom is 0.308 e. The van der Waals surface area contributed by atoms with E-state index in [-0.39, 0.29) is 17.7 Å². The molecule has 1 heterocycles. The van der Waals surface area contributed by atoms with Gasteiger partial charge in [-0.1, -0.05) is 49.6 Å². The van der Waals surface area contributed by atoms with E-state index in [1.54, 1.807) is 4.90 Å². The van der Waals surface area contributed by atoms with Gasteiger partial charge in [-0.25, -0.2) is 0 Å². The summed E-state index contributed by atoms with van der Waals surface area (Å²) in [6.07, 6.45) is 5.38. The third-order valence-electron chi connectivity index (χ3n) is 5.13. The molecule has 1 N–H and O–H groups in total. The van der Waals surface area contributed by atoms with Crippen LogP contribution in [0.5, 0.6) is 0 Å². The molecule has 0 bridgehead atoms. The molecule has 0 radical (unpaired) electrons. The van der Waals surface area contributed by atoms with Crippen LogP contribution in [-0.4, -0.2) is 35.0 Å². The Hall–Kier alpha value is -1.84. The number of carboxylic acids is 1. The Morgan fingerprint density at radius 2 is 1.68 bits per heavy atom. The lowest BCUT2D eigenvalue weighted by Crippen LogP contribution is -2.36. The number of amides is 1. The smallest absolute Gasteiger partial charge is 0.308 e. The molecule has 1 aliphatic carbocycles. The molecule has 22 heavy (non-hydrogen) atoms. The number of aliphatic carboxylic acids is 1. The first-order valence-electron chi connectivity index (χ1n) is 8.23. The molecule has 4 heteroatoms. The minimum Gasteiger partial charge on any atom is -0.481 e. The molecule has 1 aliphatic heterocycles. The van der Waals surface area contributed by atoms with Crippen molar-refractivity contribution in [1.29, 1.82) is 0 Å². The van der Waals surface area contributed by atoms with Crippen molar-refractivity contribution in [1.82, 2.24) is 4.90 Å². The molecule has 0 aromatic heterocycles. The van der Waals surface area contributed by atoms with Crippen LogP contribution in [0.2, 0.25) is 0 Å². The average Bonchev–Trinajstić information content (AvgIpc) is 3.01. The highest BCUT2D eigenvalue weighted by atomic mass is 16.4. The predicted octanol–water partition coefficient (Wildman–Crippen LogP) is 2.89. The third kappa shape index (κ3) is 3.01. The monoisotopic (exact) mass is 301 g/mol. The van der Waals surface area contributed by atoms with Crippen molar-refractivity contribution < 1.29 is 14.7 Å². The van der Waals surface area contributed by atoms with Gasteiger partial charge < -0.3 is 10.0 Å². The van der Waals surface area contributed by atoms with Crippen LogP contribution in [0.1, 0.15) is 43.6 Å². The lowest BCUT2D eigenvalue weighted by molar-refractivity contribution is -0.142. The fourth-order valence-corrected chi connectivity index (χ4v) is 3.88. The summed E-state index contributed by atoms with van der Waals surface area (Å²) in [5, 5.41) is 9.52. The Labute approximate surface area is 131 Å². The first kappa shape index (κ1) is 15.1. The van der Waals surface area contributed by atoms with Gasteiger partial charge in [0.2, 0.25) is 5.91 Å². The maximum atomic E-state index is 12.7. The Morgan fingerprint density at radius 3 is 2.32 bits per heavy atom. The van der Waals surface area contributed by atoms with E-state index in [9.17, 15) is 14.7 Å². The van der Waals surface area contributed by atoms with Gasteiger partial charge in [0.1, 0.15) is 0 Å². The molecule has 2 unspecified atom stereocenters. The van der Waals surface area contributed by atoms with Gasteiger partial charge in [-0.2, -0.15) is 0 Å². The minimum atomic E-state index is -0.798. The molecule has 2 atom stereocenters. The molecular weight excluding hydrogens is 278 g/mol. The van der Waals surface area contributed by atoms with Crippen LogP contribution in [0.4, 0.5) is 0 Å². The summed E-state index contributed by atoms with van der Waals surface area (Å²) in [6, 6.07) is 9.73. The second-order valence-corrected chi connectivity index (χ2v) is 6.54. The van der Waals surface area contributed by atoms with Crippen molar-refractivity contribution in [2.45, 2.75) is 38.0 Å². The number of carbonyl (C=O) groups is 2. The molecule has 1 amide bonds. The zero-order chi connectivity index (χ0) is 15.5. The molecule has 2 fully saturated rings. The summed E-state index contributed by atoms with van der Waals surface area (Å²) in [5.41, 5.74) is 1.02. The van der Waals surface area contributed by atoms with Crippen LogP contribution in [0.3, 0.4) is 0 Å². The average molecular weight is 301 g/mol. The third-order valence-corrected chi connectivity index (χ3v) is 5.13. The van der Waals surface area contributed by atoms with E-state index in [0.29, 0.717) is 13.1 Å². The van der Waals surface area contributed by atoms with E-state index >= 15 is 0 Å². The molecule has 1 saturated carbocycles. The summed E-state index contributed by atoms with van der Waals surface area (Å²) in [4.78, 5) is 26.1. The van der Waals surface area contributed by atoms with Gasteiger partial charge in [-0.05, 0) is 18.4 Å². The van der Waals surface area contributed by atoms with Crippen LogP contribution < -0.4 is 0 Å². The van der Waals surface area contributed by atoms with E-state index in [1.165, 1.54) is 6.42 Å². The first-order chi connectivity index (χ1) is 10.7. The van der Waals surface area contributed by atoms with E-state index in [4.69, 9.17) is 0 Å². The summed E-state index contributed by atoms with van der Waals surface area (Å²) in [5.74, 6) is -1.10. The van der Waals surface area contributed by atoms with Gasteiger partial charge in [-0.15, -0.1) is 0 Å². The van der Waals surface area contributed by atoms with Crippen molar-refractivity contribution in [2.75, 3.05) is 13.1 Å². The minimum absolute atomic E-state index is 0.0914. The number of likely N-dealkylation sites (tertiary alicyclic amines) is 1. The Morgan fingerprint density at radius 1 is 1.00 bits per heavy atom. The molecular formula is C18H23NO3. The van der Waals surface area contributed by atoms with E-state index in [2.05, 4.69) is 0 Å². The zero-order valence-electron chi connectivity index (χ0n) is 12.8. The summed E-state index contributed by atoms with van der Waals surface area (Å²) >= 11 is 0. The Kier molecular flexibility index (Phi) is 4.46. The molecule has 1 aromatic rings. The summed E-state index contributed by atoms with van der Waals surface area (Å²) in [6.45, 7) is 0.889. The number of hydrogen-bond donors (Lipinski definition) is 1. The number of hydrogen-bond acceptors (Lipinski definition) is 2. The van der Waals surface area contributed by atoms with Crippen LogP contribution in [-0.2, 0) is 9.59 Å². The van der Waals surface area contributed by atoms with Gasteiger partial charge in [0.15, 0.2) is 0 Å². The Balaban J connectivity index is 1.75. The topological polar surface area (TPSA) is 57.6 Å². The van der Waals surface area contributed by atoms with E-state index < -0.39 is 11.9 Å². The first-order valence-corrected chi connectivity index (χ1v) is 8.23. The highest BCUT2D eigenvalue weighted by Gasteiger charge is 2.41. The van der Waals surface area contributed by atoms with Gasteiger partial charge in [0, 0.05) is 24.9 Å². The van der Waals surface area contributed by atoms with E-state index in [1.807, 2.05) is 30.3 Å².